The minimum absolute atomic E-state index is 0.00348. The van der Waals surface area contributed by atoms with Crippen molar-refractivity contribution in [3.05, 3.63) is 65.0 Å². The molecular weight excluding hydrogens is 421 g/mol. The predicted octanol–water partition coefficient (Wildman–Crippen LogP) is 1.54. The number of amides is 2. The Kier molecular flexibility index (Phi) is 7.25. The quantitative estimate of drug-likeness (QED) is 0.650. The fourth-order valence-electron chi connectivity index (χ4n) is 4.52. The third-order valence-electron chi connectivity index (χ3n) is 6.62. The molecule has 0 aromatic heterocycles. The molecule has 176 valence electrons. The average molecular weight is 454 g/mol. The van der Waals surface area contributed by atoms with Crippen LogP contribution in [-0.4, -0.2) is 75.0 Å². The third kappa shape index (κ3) is 5.69. The molecule has 2 aliphatic heterocycles. The van der Waals surface area contributed by atoms with Gasteiger partial charge in [0.1, 0.15) is 5.82 Å². The number of halogens is 1. The van der Waals surface area contributed by atoms with Crippen molar-refractivity contribution in [2.24, 2.45) is 0 Å². The molecule has 0 spiro atoms. The van der Waals surface area contributed by atoms with Crippen LogP contribution in [0.1, 0.15) is 22.7 Å². The van der Waals surface area contributed by atoms with Gasteiger partial charge in [0, 0.05) is 58.5 Å². The van der Waals surface area contributed by atoms with Gasteiger partial charge in [-0.2, -0.15) is 0 Å². The minimum Gasteiger partial charge on any atom is -0.374 e. The first-order chi connectivity index (χ1) is 15.9. The number of nitrogens with one attached hydrogen (secondary N) is 2. The first kappa shape index (κ1) is 23.2. The van der Waals surface area contributed by atoms with Crippen molar-refractivity contribution >= 4 is 17.5 Å². The van der Waals surface area contributed by atoms with E-state index < -0.39 is 11.8 Å². The zero-order valence-electron chi connectivity index (χ0n) is 19.3. The summed E-state index contributed by atoms with van der Waals surface area (Å²) in [6.45, 7) is 5.30. The van der Waals surface area contributed by atoms with Gasteiger partial charge in [-0.25, -0.2) is 4.39 Å². The van der Waals surface area contributed by atoms with Crippen molar-refractivity contribution in [3.8, 4) is 0 Å². The maximum absolute atomic E-state index is 13.0. The van der Waals surface area contributed by atoms with Gasteiger partial charge < -0.3 is 20.4 Å². The van der Waals surface area contributed by atoms with Crippen molar-refractivity contribution in [2.45, 2.75) is 19.0 Å². The van der Waals surface area contributed by atoms with E-state index >= 15 is 0 Å². The van der Waals surface area contributed by atoms with Crippen LogP contribution in [0.15, 0.2) is 42.5 Å². The van der Waals surface area contributed by atoms with Crippen LogP contribution in [0.25, 0.3) is 0 Å². The standard InChI is InChI=1S/C25H32FN5O2/c1-29-11-13-31(14-12-29)23(19-5-8-22-20(15-19)9-10-30(22)2)17-28-25(33)24(32)27-16-18-3-6-21(26)7-4-18/h3-8,15,23H,9-14,16-17H2,1-2H3,(H,27,32)(H,28,33)/t23-/m1/s1. The van der Waals surface area contributed by atoms with E-state index in [1.54, 1.807) is 12.1 Å². The second-order valence-electron chi connectivity index (χ2n) is 8.93. The molecule has 1 fully saturated rings. The maximum atomic E-state index is 13.0. The normalized spacial score (nSPS) is 17.5. The molecule has 0 radical (unpaired) electrons. The largest absolute Gasteiger partial charge is 0.374 e. The van der Waals surface area contributed by atoms with E-state index in [1.807, 2.05) is 0 Å². The van der Waals surface area contributed by atoms with Gasteiger partial charge in [0.05, 0.1) is 6.04 Å². The van der Waals surface area contributed by atoms with Crippen molar-refractivity contribution in [2.75, 3.05) is 58.3 Å². The maximum Gasteiger partial charge on any atom is 0.309 e. The summed E-state index contributed by atoms with van der Waals surface area (Å²) < 4.78 is 13.0. The summed E-state index contributed by atoms with van der Waals surface area (Å²) in [5.74, 6) is -1.68. The lowest BCUT2D eigenvalue weighted by Crippen LogP contribution is -2.49. The summed E-state index contributed by atoms with van der Waals surface area (Å²) in [6.07, 6.45) is 1.02. The molecule has 2 N–H and O–H groups in total. The van der Waals surface area contributed by atoms with E-state index in [4.69, 9.17) is 0 Å². The van der Waals surface area contributed by atoms with Crippen LogP contribution in [0.5, 0.6) is 0 Å². The smallest absolute Gasteiger partial charge is 0.309 e. The number of anilines is 1. The monoisotopic (exact) mass is 453 g/mol. The molecular formula is C25H32FN5O2. The Morgan fingerprint density at radius 3 is 2.36 bits per heavy atom. The molecule has 2 aliphatic rings. The number of fused-ring (bicyclic) bond motifs is 1. The Bertz CT molecular complexity index is 989. The van der Waals surface area contributed by atoms with E-state index in [9.17, 15) is 14.0 Å². The second kappa shape index (κ2) is 10.3. The molecule has 0 aliphatic carbocycles. The van der Waals surface area contributed by atoms with Crippen molar-refractivity contribution in [1.82, 2.24) is 20.4 Å². The molecule has 0 bridgehead atoms. The van der Waals surface area contributed by atoms with Crippen molar-refractivity contribution in [3.63, 3.8) is 0 Å². The van der Waals surface area contributed by atoms with Gasteiger partial charge in [-0.05, 0) is 48.4 Å². The zero-order valence-corrected chi connectivity index (χ0v) is 19.3. The Morgan fingerprint density at radius 1 is 0.939 bits per heavy atom. The topological polar surface area (TPSA) is 67.9 Å². The molecule has 2 aromatic carbocycles. The molecule has 8 heteroatoms. The number of likely N-dealkylation sites (N-methyl/N-ethyl adjacent to an activating group) is 2. The number of carbonyl (C=O) groups is 2. The molecule has 7 nitrogen and oxygen atoms in total. The fourth-order valence-corrected chi connectivity index (χ4v) is 4.52. The van der Waals surface area contributed by atoms with E-state index in [0.29, 0.717) is 6.54 Å². The number of nitrogens with zero attached hydrogens (tertiary/aromatic N) is 3. The van der Waals surface area contributed by atoms with Crippen molar-refractivity contribution < 1.29 is 14.0 Å². The lowest BCUT2D eigenvalue weighted by molar-refractivity contribution is -0.139. The molecule has 2 amide bonds. The van der Waals surface area contributed by atoms with Crippen LogP contribution < -0.4 is 15.5 Å². The highest BCUT2D eigenvalue weighted by molar-refractivity contribution is 6.35. The highest BCUT2D eigenvalue weighted by atomic mass is 19.1. The molecule has 0 unspecified atom stereocenters. The first-order valence-electron chi connectivity index (χ1n) is 11.5. The van der Waals surface area contributed by atoms with E-state index in [0.717, 1.165) is 44.7 Å². The molecule has 2 aromatic rings. The molecule has 4 rings (SSSR count). The van der Waals surface area contributed by atoms with E-state index in [2.05, 4.69) is 57.6 Å². The van der Waals surface area contributed by atoms with E-state index in [-0.39, 0.29) is 18.4 Å². The van der Waals surface area contributed by atoms with Gasteiger partial charge in [0.2, 0.25) is 0 Å². The van der Waals surface area contributed by atoms with Crippen LogP contribution in [-0.2, 0) is 22.6 Å². The zero-order chi connectivity index (χ0) is 23.4. The molecule has 0 saturated carbocycles. The van der Waals surface area contributed by atoms with Gasteiger partial charge in [-0.1, -0.05) is 24.3 Å². The van der Waals surface area contributed by atoms with Gasteiger partial charge in [0.25, 0.3) is 0 Å². The highest BCUT2D eigenvalue weighted by Gasteiger charge is 2.27. The number of piperazine rings is 1. The Balaban J connectivity index is 1.40. The Morgan fingerprint density at radius 2 is 1.64 bits per heavy atom. The lowest BCUT2D eigenvalue weighted by Gasteiger charge is -2.38. The molecule has 1 saturated heterocycles. The van der Waals surface area contributed by atoms with Crippen LogP contribution in [0.3, 0.4) is 0 Å². The summed E-state index contributed by atoms with van der Waals surface area (Å²) in [7, 11) is 4.22. The number of benzene rings is 2. The Labute approximate surface area is 194 Å². The number of hydrogen-bond donors (Lipinski definition) is 2. The molecule has 2 heterocycles. The van der Waals surface area contributed by atoms with Gasteiger partial charge in [0.15, 0.2) is 0 Å². The van der Waals surface area contributed by atoms with E-state index in [1.165, 1.54) is 28.9 Å². The van der Waals surface area contributed by atoms with Crippen molar-refractivity contribution in [1.29, 1.82) is 0 Å². The third-order valence-corrected chi connectivity index (χ3v) is 6.62. The molecule has 1 atom stereocenters. The average Bonchev–Trinajstić information content (AvgIpc) is 3.19. The van der Waals surface area contributed by atoms with Gasteiger partial charge in [-0.15, -0.1) is 0 Å². The summed E-state index contributed by atoms with van der Waals surface area (Å²) in [5.41, 5.74) is 4.49. The van der Waals surface area contributed by atoms with Gasteiger partial charge in [-0.3, -0.25) is 14.5 Å². The highest BCUT2D eigenvalue weighted by Crippen LogP contribution is 2.31. The summed E-state index contributed by atoms with van der Waals surface area (Å²) >= 11 is 0. The second-order valence-corrected chi connectivity index (χ2v) is 8.93. The van der Waals surface area contributed by atoms with Crippen LogP contribution in [0, 0.1) is 5.82 Å². The molecule has 33 heavy (non-hydrogen) atoms. The van der Waals surface area contributed by atoms with Crippen LogP contribution in [0.4, 0.5) is 10.1 Å². The number of carbonyl (C=O) groups excluding carboxylic acids is 2. The van der Waals surface area contributed by atoms with Gasteiger partial charge >= 0.3 is 11.8 Å². The minimum atomic E-state index is -0.688. The van der Waals surface area contributed by atoms with Crippen LogP contribution >= 0.6 is 0 Å². The summed E-state index contributed by atoms with van der Waals surface area (Å²) in [4.78, 5) is 31.8. The SMILES string of the molecule is CN1CCN([C@H](CNC(=O)C(=O)NCc2ccc(F)cc2)c2ccc3c(c2)CCN3C)CC1. The predicted molar refractivity (Wildman–Crippen MR) is 126 cm³/mol. The lowest BCUT2D eigenvalue weighted by atomic mass is 10.00. The summed E-state index contributed by atoms with van der Waals surface area (Å²) in [5, 5.41) is 5.44. The van der Waals surface area contributed by atoms with Crippen LogP contribution in [0.2, 0.25) is 0 Å². The Hall–Kier alpha value is -2.97. The fraction of sp³-hybridized carbons (Fsp3) is 0.440. The first-order valence-corrected chi connectivity index (χ1v) is 11.5. The number of rotatable bonds is 6. The summed E-state index contributed by atoms with van der Waals surface area (Å²) in [6, 6.07) is 12.4. The number of hydrogen-bond acceptors (Lipinski definition) is 5.